The Kier molecular flexibility index (Phi) is 20.6. The normalized spacial score (nSPS) is 19.2. The molecule has 206 valence electrons. The van der Waals surface area contributed by atoms with E-state index in [1.165, 1.54) is 0 Å². The zero-order valence-electron chi connectivity index (χ0n) is 23.0. The highest BCUT2D eigenvalue weighted by Crippen LogP contribution is 2.05. The van der Waals surface area contributed by atoms with Crippen molar-refractivity contribution in [2.45, 2.75) is 104 Å². The van der Waals surface area contributed by atoms with E-state index in [1.54, 1.807) is 14.0 Å². The van der Waals surface area contributed by atoms with E-state index in [1.807, 2.05) is 48.5 Å². The molecule has 0 saturated carbocycles. The third kappa shape index (κ3) is 21.0. The minimum Gasteiger partial charge on any atom is -0.391 e. The molecule has 0 heterocycles. The quantitative estimate of drug-likeness (QED) is 0.229. The van der Waals surface area contributed by atoms with E-state index in [2.05, 4.69) is 0 Å². The van der Waals surface area contributed by atoms with Gasteiger partial charge in [-0.25, -0.2) is 0 Å². The number of ether oxygens (including phenoxy) is 8. The Bertz CT molecular complexity index is 452. The third-order valence-electron chi connectivity index (χ3n) is 4.72. The molecule has 0 aliphatic rings. The molecule has 0 aliphatic heterocycles. The van der Waals surface area contributed by atoms with Gasteiger partial charge in [-0.3, -0.25) is 0 Å². The summed E-state index contributed by atoms with van der Waals surface area (Å²) in [4.78, 5) is 0. The molecular formula is C25H52O9. The van der Waals surface area contributed by atoms with E-state index in [-0.39, 0.29) is 42.7 Å². The molecule has 8 unspecified atom stereocenters. The molecule has 8 atom stereocenters. The van der Waals surface area contributed by atoms with Gasteiger partial charge < -0.3 is 43.0 Å². The van der Waals surface area contributed by atoms with Gasteiger partial charge in [0.1, 0.15) is 0 Å². The zero-order chi connectivity index (χ0) is 25.9. The van der Waals surface area contributed by atoms with Crippen LogP contribution in [0, 0.1) is 0 Å². The molecule has 0 bridgehead atoms. The van der Waals surface area contributed by atoms with Crippen molar-refractivity contribution in [2.24, 2.45) is 0 Å². The minimum atomic E-state index is -0.474. The summed E-state index contributed by atoms with van der Waals surface area (Å²) in [7, 11) is 1.66. The highest BCUT2D eigenvalue weighted by atomic mass is 16.6. The van der Waals surface area contributed by atoms with Crippen molar-refractivity contribution in [2.75, 3.05) is 60.0 Å². The second-order valence-electron chi connectivity index (χ2n) is 9.31. The van der Waals surface area contributed by atoms with Crippen molar-refractivity contribution in [3.8, 4) is 0 Å². The number of hydrogen-bond acceptors (Lipinski definition) is 9. The van der Waals surface area contributed by atoms with Gasteiger partial charge >= 0.3 is 0 Å². The Morgan fingerprint density at radius 2 is 0.588 bits per heavy atom. The third-order valence-corrected chi connectivity index (χ3v) is 4.72. The van der Waals surface area contributed by atoms with Crippen molar-refractivity contribution in [3.63, 3.8) is 0 Å². The maximum absolute atomic E-state index is 9.25. The summed E-state index contributed by atoms with van der Waals surface area (Å²) in [5.41, 5.74) is 0. The van der Waals surface area contributed by atoms with Crippen LogP contribution in [-0.4, -0.2) is 114 Å². The monoisotopic (exact) mass is 496 g/mol. The number of hydrogen-bond donors (Lipinski definition) is 1. The van der Waals surface area contributed by atoms with E-state index in [0.717, 1.165) is 0 Å². The molecule has 34 heavy (non-hydrogen) atoms. The molecule has 0 amide bonds. The second kappa shape index (κ2) is 20.8. The van der Waals surface area contributed by atoms with Crippen LogP contribution in [0.25, 0.3) is 0 Å². The Hall–Kier alpha value is -0.360. The maximum atomic E-state index is 9.25. The lowest BCUT2D eigenvalue weighted by Crippen LogP contribution is -2.30. The van der Waals surface area contributed by atoms with Crippen LogP contribution in [0.2, 0.25) is 0 Å². The van der Waals surface area contributed by atoms with E-state index in [4.69, 9.17) is 37.9 Å². The summed E-state index contributed by atoms with van der Waals surface area (Å²) < 4.78 is 45.2. The van der Waals surface area contributed by atoms with Crippen molar-refractivity contribution >= 4 is 0 Å². The first-order valence-corrected chi connectivity index (χ1v) is 12.5. The SMILES string of the molecule is COCC(C)OCC(C)OCC(C)OCC(C)OCC(C)OCC(C)OCC(C)OCC(C)O. The lowest BCUT2D eigenvalue weighted by atomic mass is 10.3. The first kappa shape index (κ1) is 33.6. The van der Waals surface area contributed by atoms with Crippen LogP contribution in [0.1, 0.15) is 55.4 Å². The van der Waals surface area contributed by atoms with E-state index in [0.29, 0.717) is 52.9 Å². The molecule has 0 aromatic carbocycles. The second-order valence-corrected chi connectivity index (χ2v) is 9.31. The van der Waals surface area contributed by atoms with Gasteiger partial charge in [0.05, 0.1) is 102 Å². The van der Waals surface area contributed by atoms with Gasteiger partial charge in [0, 0.05) is 7.11 Å². The number of rotatable bonds is 23. The Morgan fingerprint density at radius 3 is 0.794 bits per heavy atom. The van der Waals surface area contributed by atoms with Crippen molar-refractivity contribution in [1.82, 2.24) is 0 Å². The van der Waals surface area contributed by atoms with Crippen LogP contribution in [0.3, 0.4) is 0 Å². The van der Waals surface area contributed by atoms with Crippen LogP contribution >= 0.6 is 0 Å². The molecule has 0 rings (SSSR count). The zero-order valence-corrected chi connectivity index (χ0v) is 23.0. The molecule has 0 fully saturated rings. The lowest BCUT2D eigenvalue weighted by Gasteiger charge is -2.23. The predicted octanol–water partition coefficient (Wildman–Crippen LogP) is 2.85. The Labute approximate surface area is 207 Å². The van der Waals surface area contributed by atoms with Gasteiger partial charge in [-0.2, -0.15) is 0 Å². The first-order valence-electron chi connectivity index (χ1n) is 12.5. The predicted molar refractivity (Wildman–Crippen MR) is 131 cm³/mol. The van der Waals surface area contributed by atoms with Gasteiger partial charge in [0.25, 0.3) is 0 Å². The fraction of sp³-hybridized carbons (Fsp3) is 1.00. The molecular weight excluding hydrogens is 444 g/mol. The molecule has 9 nitrogen and oxygen atoms in total. The Morgan fingerprint density at radius 1 is 0.382 bits per heavy atom. The highest BCUT2D eigenvalue weighted by Gasteiger charge is 2.14. The Balaban J connectivity index is 3.82. The summed E-state index contributed by atoms with van der Waals surface area (Å²) >= 11 is 0. The van der Waals surface area contributed by atoms with E-state index >= 15 is 0 Å². The van der Waals surface area contributed by atoms with Gasteiger partial charge in [0.15, 0.2) is 0 Å². The fourth-order valence-corrected chi connectivity index (χ4v) is 2.67. The average molecular weight is 497 g/mol. The molecule has 0 radical (unpaired) electrons. The van der Waals surface area contributed by atoms with Crippen LogP contribution in [0.15, 0.2) is 0 Å². The van der Waals surface area contributed by atoms with Crippen LogP contribution in [0.5, 0.6) is 0 Å². The van der Waals surface area contributed by atoms with Gasteiger partial charge in [-0.15, -0.1) is 0 Å². The summed E-state index contributed by atoms with van der Waals surface area (Å²) in [6.45, 7) is 19.3. The van der Waals surface area contributed by atoms with Crippen LogP contribution < -0.4 is 0 Å². The molecule has 0 aliphatic carbocycles. The van der Waals surface area contributed by atoms with Crippen molar-refractivity contribution in [3.05, 3.63) is 0 Å². The standard InChI is InChI=1S/C25H52O9/c1-18(26)10-28-20(3)12-30-22(5)14-32-24(7)16-34-25(8)17-33-23(6)15-31-21(4)13-29-19(2)11-27-9/h18-26H,10-17H2,1-9H3. The number of aliphatic hydroxyl groups is 1. The molecule has 0 spiro atoms. The summed E-state index contributed by atoms with van der Waals surface area (Å²) in [5, 5.41) is 9.25. The first-order chi connectivity index (χ1) is 16.0. The summed E-state index contributed by atoms with van der Waals surface area (Å²) in [6.07, 6.45) is -0.714. The maximum Gasteiger partial charge on any atom is 0.0781 e. The largest absolute Gasteiger partial charge is 0.391 e. The molecule has 0 saturated heterocycles. The smallest absolute Gasteiger partial charge is 0.0781 e. The van der Waals surface area contributed by atoms with Crippen molar-refractivity contribution < 1.29 is 43.0 Å². The van der Waals surface area contributed by atoms with Gasteiger partial charge in [-0.1, -0.05) is 0 Å². The van der Waals surface area contributed by atoms with Crippen LogP contribution in [0.4, 0.5) is 0 Å². The summed E-state index contributed by atoms with van der Waals surface area (Å²) in [5.74, 6) is 0. The van der Waals surface area contributed by atoms with Gasteiger partial charge in [-0.05, 0) is 55.4 Å². The summed E-state index contributed by atoms with van der Waals surface area (Å²) in [6, 6.07) is 0. The molecule has 9 heteroatoms. The van der Waals surface area contributed by atoms with Gasteiger partial charge in [0.2, 0.25) is 0 Å². The molecule has 0 aromatic rings. The average Bonchev–Trinajstić information content (AvgIpc) is 2.79. The van der Waals surface area contributed by atoms with Crippen LogP contribution in [-0.2, 0) is 37.9 Å². The van der Waals surface area contributed by atoms with E-state index in [9.17, 15) is 5.11 Å². The van der Waals surface area contributed by atoms with Crippen molar-refractivity contribution in [1.29, 1.82) is 0 Å². The lowest BCUT2D eigenvalue weighted by molar-refractivity contribution is -0.108. The number of methoxy groups -OCH3 is 1. The fourth-order valence-electron chi connectivity index (χ4n) is 2.67. The minimum absolute atomic E-state index is 0.0108. The number of aliphatic hydroxyl groups excluding tert-OH is 1. The highest BCUT2D eigenvalue weighted by molar-refractivity contribution is 4.59. The molecule has 1 N–H and O–H groups in total. The molecule has 0 aromatic heterocycles. The van der Waals surface area contributed by atoms with E-state index < -0.39 is 6.10 Å². The topological polar surface area (TPSA) is 94.1 Å².